The second-order valence-corrected chi connectivity index (χ2v) is 3.98. The molecule has 2 heterocycles. The van der Waals surface area contributed by atoms with Crippen LogP contribution < -0.4 is 0 Å². The van der Waals surface area contributed by atoms with E-state index in [-0.39, 0.29) is 0 Å². The predicted molar refractivity (Wildman–Crippen MR) is 74.4 cm³/mol. The molecule has 0 saturated heterocycles. The molecule has 0 bridgehead atoms. The predicted octanol–water partition coefficient (Wildman–Crippen LogP) is 3.73. The zero-order valence-corrected chi connectivity index (χ0v) is 9.80. The van der Waals surface area contributed by atoms with Gasteiger partial charge in [0.15, 0.2) is 0 Å². The Hall–Kier alpha value is -2.55. The molecular formula is C15H13N3. The first-order valence-corrected chi connectivity index (χ1v) is 5.84. The molecule has 0 saturated carbocycles. The molecule has 2 aromatic carbocycles. The van der Waals surface area contributed by atoms with Crippen LogP contribution in [0.3, 0.4) is 0 Å². The molecule has 0 aliphatic heterocycles. The Morgan fingerprint density at radius 3 is 1.78 bits per heavy atom. The molecule has 3 heteroatoms. The normalized spacial score (nSPS) is 10.2. The molecule has 18 heavy (non-hydrogen) atoms. The lowest BCUT2D eigenvalue weighted by molar-refractivity contribution is 1.09. The van der Waals surface area contributed by atoms with E-state index < -0.39 is 0 Å². The van der Waals surface area contributed by atoms with Crippen LogP contribution in [0.1, 0.15) is 0 Å². The number of aromatic amines is 2. The quantitative estimate of drug-likeness (QED) is 0.479. The van der Waals surface area contributed by atoms with Crippen molar-refractivity contribution in [1.29, 1.82) is 0 Å². The molecule has 4 rings (SSSR count). The van der Waals surface area contributed by atoms with Crippen LogP contribution in [0.25, 0.3) is 21.8 Å². The van der Waals surface area contributed by atoms with Crippen LogP contribution in [-0.2, 0) is 0 Å². The molecule has 0 aliphatic carbocycles. The summed E-state index contributed by atoms with van der Waals surface area (Å²) >= 11 is 0. The number of hydrogen-bond acceptors (Lipinski definition) is 1. The maximum Gasteiger partial charge on any atom is 0.0487 e. The molecule has 0 radical (unpaired) electrons. The van der Waals surface area contributed by atoms with E-state index >= 15 is 0 Å². The van der Waals surface area contributed by atoms with Crippen LogP contribution in [0.2, 0.25) is 0 Å². The summed E-state index contributed by atoms with van der Waals surface area (Å²) in [4.78, 5) is 3.38. The average Bonchev–Trinajstić information content (AvgIpc) is 3.10. The van der Waals surface area contributed by atoms with Crippen LogP contribution in [0, 0.1) is 0 Å². The van der Waals surface area contributed by atoms with Crippen molar-refractivity contribution in [3.63, 3.8) is 0 Å². The molecule has 0 amide bonds. The van der Waals surface area contributed by atoms with E-state index in [4.69, 9.17) is 0 Å². The van der Waals surface area contributed by atoms with Gasteiger partial charge >= 0.3 is 0 Å². The van der Waals surface area contributed by atoms with E-state index in [0.29, 0.717) is 0 Å². The Balaban J connectivity index is 0.000000169. The first kappa shape index (κ1) is 10.6. The van der Waals surface area contributed by atoms with Gasteiger partial charge in [0.05, 0.1) is 0 Å². The summed E-state index contributed by atoms with van der Waals surface area (Å²) in [6.45, 7) is 0. The molecule has 0 unspecified atom stereocenters. The summed E-state index contributed by atoms with van der Waals surface area (Å²) in [5.74, 6) is 0. The van der Waals surface area contributed by atoms with Crippen molar-refractivity contribution in [3.8, 4) is 0 Å². The summed E-state index contributed by atoms with van der Waals surface area (Å²) in [5.41, 5.74) is 2.42. The minimum atomic E-state index is 1.21. The van der Waals surface area contributed by atoms with Crippen LogP contribution in [-0.4, -0.2) is 15.2 Å². The fraction of sp³-hybridized carbons (Fsp3) is 0. The third-order valence-corrected chi connectivity index (χ3v) is 2.82. The van der Waals surface area contributed by atoms with Crippen molar-refractivity contribution in [2.75, 3.05) is 0 Å². The average molecular weight is 235 g/mol. The first-order valence-electron chi connectivity index (χ1n) is 5.84. The maximum atomic E-state index is 3.60. The fourth-order valence-corrected chi connectivity index (χ4v) is 2.01. The lowest BCUT2D eigenvalue weighted by atomic mass is 10.2. The van der Waals surface area contributed by atoms with Crippen LogP contribution in [0.15, 0.2) is 67.0 Å². The summed E-state index contributed by atoms with van der Waals surface area (Å²) in [6.07, 6.45) is 3.46. The number of fused-ring (bicyclic) bond motifs is 3. The molecular weight excluding hydrogens is 222 g/mol. The second-order valence-electron chi connectivity index (χ2n) is 3.98. The van der Waals surface area contributed by atoms with Crippen molar-refractivity contribution in [3.05, 3.63) is 67.0 Å². The van der Waals surface area contributed by atoms with Gasteiger partial charge in [-0.05, 0) is 18.2 Å². The smallest absolute Gasteiger partial charge is 0.0487 e. The summed E-state index contributed by atoms with van der Waals surface area (Å²) in [6, 6.07) is 18.6. The Bertz CT molecular complexity index is 671. The highest BCUT2D eigenvalue weighted by atomic mass is 15.1. The Kier molecular flexibility index (Phi) is 2.80. The molecule has 88 valence electrons. The van der Waals surface area contributed by atoms with E-state index in [1.165, 1.54) is 21.8 Å². The van der Waals surface area contributed by atoms with Gasteiger partial charge in [-0.2, -0.15) is 5.10 Å². The number of aromatic nitrogens is 3. The standard InChI is InChI=1S/C12H9N.C3H4N2/c1-3-7-11-9(5-1)10-6-2-4-8-12(10)13-11;1-2-4-5-3-1/h1-8,13H;1-3H,(H,4,5). The van der Waals surface area contributed by atoms with Crippen molar-refractivity contribution < 1.29 is 0 Å². The maximum absolute atomic E-state index is 3.60. The van der Waals surface area contributed by atoms with Gasteiger partial charge in [0.2, 0.25) is 0 Å². The molecule has 2 aromatic heterocycles. The summed E-state index contributed by atoms with van der Waals surface area (Å²) in [5, 5.41) is 8.82. The Morgan fingerprint density at radius 2 is 1.33 bits per heavy atom. The Morgan fingerprint density at radius 1 is 0.722 bits per heavy atom. The van der Waals surface area contributed by atoms with E-state index in [0.717, 1.165) is 0 Å². The minimum absolute atomic E-state index is 1.21. The highest BCUT2D eigenvalue weighted by Gasteiger charge is 2.00. The first-order chi connectivity index (χ1) is 8.95. The number of rotatable bonds is 0. The number of nitrogens with one attached hydrogen (secondary N) is 2. The summed E-state index contributed by atoms with van der Waals surface area (Å²) in [7, 11) is 0. The molecule has 0 aliphatic rings. The minimum Gasteiger partial charge on any atom is -0.355 e. The molecule has 4 aromatic rings. The number of hydrogen-bond donors (Lipinski definition) is 2. The van der Waals surface area contributed by atoms with Crippen molar-refractivity contribution in [2.45, 2.75) is 0 Å². The van der Waals surface area contributed by atoms with Crippen LogP contribution in [0.5, 0.6) is 0 Å². The largest absolute Gasteiger partial charge is 0.355 e. The monoisotopic (exact) mass is 235 g/mol. The highest BCUT2D eigenvalue weighted by Crippen LogP contribution is 2.24. The van der Waals surface area contributed by atoms with Crippen molar-refractivity contribution in [2.24, 2.45) is 0 Å². The van der Waals surface area contributed by atoms with E-state index in [2.05, 4.69) is 63.7 Å². The molecule has 0 atom stereocenters. The Labute approximate surface area is 104 Å². The topological polar surface area (TPSA) is 44.5 Å². The van der Waals surface area contributed by atoms with Crippen LogP contribution in [0.4, 0.5) is 0 Å². The van der Waals surface area contributed by atoms with Gasteiger partial charge in [0.25, 0.3) is 0 Å². The van der Waals surface area contributed by atoms with Crippen molar-refractivity contribution >= 4 is 21.8 Å². The molecule has 2 N–H and O–H groups in total. The van der Waals surface area contributed by atoms with Gasteiger partial charge in [-0.3, -0.25) is 5.10 Å². The number of H-pyrrole nitrogens is 2. The van der Waals surface area contributed by atoms with Crippen molar-refractivity contribution in [1.82, 2.24) is 15.2 Å². The third kappa shape index (κ3) is 1.98. The van der Waals surface area contributed by atoms with Gasteiger partial charge in [0, 0.05) is 34.2 Å². The zero-order valence-electron chi connectivity index (χ0n) is 9.80. The third-order valence-electron chi connectivity index (χ3n) is 2.82. The molecule has 3 nitrogen and oxygen atoms in total. The van der Waals surface area contributed by atoms with E-state index in [1.54, 1.807) is 12.4 Å². The van der Waals surface area contributed by atoms with Gasteiger partial charge in [0.1, 0.15) is 0 Å². The fourth-order valence-electron chi connectivity index (χ4n) is 2.01. The second kappa shape index (κ2) is 4.75. The van der Waals surface area contributed by atoms with E-state index in [9.17, 15) is 0 Å². The number of benzene rings is 2. The van der Waals surface area contributed by atoms with E-state index in [1.807, 2.05) is 6.07 Å². The lowest BCUT2D eigenvalue weighted by Crippen LogP contribution is -1.62. The van der Waals surface area contributed by atoms with Gasteiger partial charge < -0.3 is 4.98 Å². The van der Waals surface area contributed by atoms with Gasteiger partial charge in [-0.1, -0.05) is 36.4 Å². The lowest BCUT2D eigenvalue weighted by Gasteiger charge is -1.87. The highest BCUT2D eigenvalue weighted by molar-refractivity contribution is 6.06. The summed E-state index contributed by atoms with van der Waals surface area (Å²) < 4.78 is 0. The van der Waals surface area contributed by atoms with Gasteiger partial charge in [-0.25, -0.2) is 0 Å². The molecule has 0 spiro atoms. The SMILES string of the molecule is c1ccc2c(c1)[nH]c1ccccc12.c1cn[nH]c1. The number of nitrogens with zero attached hydrogens (tertiary/aromatic N) is 1. The van der Waals surface area contributed by atoms with Gasteiger partial charge in [-0.15, -0.1) is 0 Å². The zero-order chi connectivity index (χ0) is 12.2. The van der Waals surface area contributed by atoms with Crippen LogP contribution >= 0.6 is 0 Å². The number of para-hydroxylation sites is 2. The molecule has 0 fully saturated rings.